The Bertz CT molecular complexity index is 1420. The standard InChI is InChI=1S/C25H23N5O2/c1-16-21(25(32)28-24-23(16)17(2)29-30(24)3)12-13-22(31)27-20-9-6-7-18(15-20)10-11-19-8-4-5-14-26-19/h4-9,14-15H,12-13H2,1-3H3,(H,27,31)(H,28,32). The second kappa shape index (κ2) is 8.90. The van der Waals surface area contributed by atoms with Crippen molar-refractivity contribution in [2.45, 2.75) is 26.7 Å². The van der Waals surface area contributed by atoms with Crippen molar-refractivity contribution < 1.29 is 4.79 Å². The summed E-state index contributed by atoms with van der Waals surface area (Å²) in [6, 6.07) is 12.9. The van der Waals surface area contributed by atoms with Gasteiger partial charge in [-0.05, 0) is 62.1 Å². The molecule has 0 bridgehead atoms. The summed E-state index contributed by atoms with van der Waals surface area (Å²) < 4.78 is 1.67. The molecule has 0 radical (unpaired) electrons. The summed E-state index contributed by atoms with van der Waals surface area (Å²) in [4.78, 5) is 32.2. The molecule has 7 nitrogen and oxygen atoms in total. The number of aromatic amines is 1. The molecule has 4 rings (SSSR count). The van der Waals surface area contributed by atoms with Crippen LogP contribution in [0.2, 0.25) is 0 Å². The SMILES string of the molecule is Cc1nn(C)c2[nH]c(=O)c(CCC(=O)Nc3cccc(C#Cc4ccccn4)c3)c(C)c12. The number of aromatic nitrogens is 4. The van der Waals surface area contributed by atoms with Gasteiger partial charge in [0.1, 0.15) is 11.3 Å². The van der Waals surface area contributed by atoms with Gasteiger partial charge in [0.05, 0.1) is 5.69 Å². The molecular weight excluding hydrogens is 402 g/mol. The lowest BCUT2D eigenvalue weighted by molar-refractivity contribution is -0.116. The van der Waals surface area contributed by atoms with Gasteiger partial charge in [-0.25, -0.2) is 4.98 Å². The Hall–Kier alpha value is -4.18. The molecule has 0 spiro atoms. The van der Waals surface area contributed by atoms with Crippen LogP contribution < -0.4 is 10.9 Å². The van der Waals surface area contributed by atoms with Gasteiger partial charge in [0.25, 0.3) is 5.56 Å². The Balaban J connectivity index is 1.46. The molecule has 0 atom stereocenters. The largest absolute Gasteiger partial charge is 0.326 e. The molecule has 1 aromatic carbocycles. The Morgan fingerprint density at radius 3 is 2.78 bits per heavy atom. The Labute approximate surface area is 185 Å². The number of anilines is 1. The van der Waals surface area contributed by atoms with E-state index in [-0.39, 0.29) is 17.9 Å². The van der Waals surface area contributed by atoms with E-state index in [1.807, 2.05) is 56.3 Å². The summed E-state index contributed by atoms with van der Waals surface area (Å²) in [6.45, 7) is 3.82. The zero-order valence-electron chi connectivity index (χ0n) is 18.2. The van der Waals surface area contributed by atoms with Gasteiger partial charge in [0, 0.05) is 41.9 Å². The van der Waals surface area contributed by atoms with E-state index in [0.717, 1.165) is 22.2 Å². The van der Waals surface area contributed by atoms with Crippen LogP contribution in [0, 0.1) is 25.7 Å². The van der Waals surface area contributed by atoms with E-state index in [4.69, 9.17) is 0 Å². The van der Waals surface area contributed by atoms with Crippen molar-refractivity contribution in [2.75, 3.05) is 5.32 Å². The maximum atomic E-state index is 12.6. The summed E-state index contributed by atoms with van der Waals surface area (Å²) in [7, 11) is 1.80. The molecule has 0 unspecified atom stereocenters. The second-order valence-electron chi connectivity index (χ2n) is 7.58. The Morgan fingerprint density at radius 1 is 1.16 bits per heavy atom. The van der Waals surface area contributed by atoms with E-state index in [1.54, 1.807) is 17.9 Å². The summed E-state index contributed by atoms with van der Waals surface area (Å²) in [5.74, 6) is 5.89. The topological polar surface area (TPSA) is 92.7 Å². The molecule has 160 valence electrons. The van der Waals surface area contributed by atoms with Gasteiger partial charge in [-0.1, -0.05) is 18.1 Å². The fraction of sp³-hybridized carbons (Fsp3) is 0.200. The van der Waals surface area contributed by atoms with E-state index in [2.05, 4.69) is 32.2 Å². The zero-order chi connectivity index (χ0) is 22.7. The highest BCUT2D eigenvalue weighted by Crippen LogP contribution is 2.21. The van der Waals surface area contributed by atoms with E-state index >= 15 is 0 Å². The number of aryl methyl sites for hydroxylation is 3. The van der Waals surface area contributed by atoms with Gasteiger partial charge in [-0.15, -0.1) is 0 Å². The molecule has 0 fully saturated rings. The third-order valence-corrected chi connectivity index (χ3v) is 5.30. The number of benzene rings is 1. The number of H-pyrrole nitrogens is 1. The van der Waals surface area contributed by atoms with Crippen LogP contribution in [0.5, 0.6) is 0 Å². The molecule has 0 saturated heterocycles. The van der Waals surface area contributed by atoms with Crippen molar-refractivity contribution in [1.82, 2.24) is 19.7 Å². The highest BCUT2D eigenvalue weighted by molar-refractivity contribution is 5.91. The molecule has 4 aromatic rings. The van der Waals surface area contributed by atoms with E-state index in [9.17, 15) is 9.59 Å². The monoisotopic (exact) mass is 425 g/mol. The second-order valence-corrected chi connectivity index (χ2v) is 7.58. The third kappa shape index (κ3) is 4.44. The quantitative estimate of drug-likeness (QED) is 0.491. The van der Waals surface area contributed by atoms with Gasteiger partial charge in [0.15, 0.2) is 0 Å². The van der Waals surface area contributed by atoms with Crippen LogP contribution in [0.15, 0.2) is 53.5 Å². The van der Waals surface area contributed by atoms with Crippen molar-refractivity contribution in [1.29, 1.82) is 0 Å². The van der Waals surface area contributed by atoms with E-state index in [0.29, 0.717) is 29.0 Å². The average Bonchev–Trinajstić information content (AvgIpc) is 3.06. The van der Waals surface area contributed by atoms with Crippen LogP contribution in [-0.4, -0.2) is 25.7 Å². The number of pyridine rings is 2. The smallest absolute Gasteiger partial charge is 0.253 e. The number of amides is 1. The lowest BCUT2D eigenvalue weighted by Crippen LogP contribution is -2.19. The van der Waals surface area contributed by atoms with Crippen LogP contribution in [0.4, 0.5) is 5.69 Å². The number of nitrogens with one attached hydrogen (secondary N) is 2. The van der Waals surface area contributed by atoms with Crippen LogP contribution in [0.1, 0.15) is 34.5 Å². The van der Waals surface area contributed by atoms with Crippen LogP contribution in [-0.2, 0) is 18.3 Å². The fourth-order valence-electron chi connectivity index (χ4n) is 3.77. The molecule has 3 heterocycles. The minimum absolute atomic E-state index is 0.165. The van der Waals surface area contributed by atoms with Crippen LogP contribution >= 0.6 is 0 Å². The predicted octanol–water partition coefficient (Wildman–Crippen LogP) is 3.24. The number of fused-ring (bicyclic) bond motifs is 1. The van der Waals surface area contributed by atoms with Gasteiger partial charge in [0.2, 0.25) is 5.91 Å². The first-order valence-corrected chi connectivity index (χ1v) is 10.3. The number of carbonyl (C=O) groups excluding carboxylic acids is 1. The van der Waals surface area contributed by atoms with Gasteiger partial charge < -0.3 is 10.3 Å². The van der Waals surface area contributed by atoms with Gasteiger partial charge >= 0.3 is 0 Å². The normalized spacial score (nSPS) is 10.6. The van der Waals surface area contributed by atoms with E-state index in [1.165, 1.54) is 0 Å². The van der Waals surface area contributed by atoms with Crippen LogP contribution in [0.3, 0.4) is 0 Å². The summed E-state index contributed by atoms with van der Waals surface area (Å²) in [5, 5.41) is 8.20. The zero-order valence-corrected chi connectivity index (χ0v) is 18.2. The summed E-state index contributed by atoms with van der Waals surface area (Å²) in [6.07, 6.45) is 2.23. The highest BCUT2D eigenvalue weighted by atomic mass is 16.1. The van der Waals surface area contributed by atoms with E-state index < -0.39 is 0 Å². The number of rotatable bonds is 4. The van der Waals surface area contributed by atoms with Crippen molar-refractivity contribution in [2.24, 2.45) is 7.05 Å². The molecule has 1 amide bonds. The minimum atomic E-state index is -0.183. The molecule has 0 aliphatic heterocycles. The molecule has 0 aliphatic rings. The first-order chi connectivity index (χ1) is 15.4. The number of carbonyl (C=O) groups is 1. The van der Waals surface area contributed by atoms with Gasteiger partial charge in [-0.2, -0.15) is 5.10 Å². The molecule has 3 aromatic heterocycles. The maximum Gasteiger partial charge on any atom is 0.253 e. The summed E-state index contributed by atoms with van der Waals surface area (Å²) >= 11 is 0. The molecule has 2 N–H and O–H groups in total. The summed E-state index contributed by atoms with van der Waals surface area (Å²) in [5.41, 5.74) is 4.96. The van der Waals surface area contributed by atoms with Crippen molar-refractivity contribution in [3.63, 3.8) is 0 Å². The first kappa shape index (κ1) is 21.1. The predicted molar refractivity (Wildman–Crippen MR) is 124 cm³/mol. The van der Waals surface area contributed by atoms with Crippen molar-refractivity contribution in [3.05, 3.63) is 87.1 Å². The first-order valence-electron chi connectivity index (χ1n) is 10.3. The Kier molecular flexibility index (Phi) is 5.86. The highest BCUT2D eigenvalue weighted by Gasteiger charge is 2.16. The molecule has 7 heteroatoms. The van der Waals surface area contributed by atoms with Crippen molar-refractivity contribution in [3.8, 4) is 11.8 Å². The fourth-order valence-corrected chi connectivity index (χ4v) is 3.77. The average molecular weight is 425 g/mol. The number of hydrogen-bond donors (Lipinski definition) is 2. The maximum absolute atomic E-state index is 12.6. The molecule has 0 saturated carbocycles. The van der Waals surface area contributed by atoms with Gasteiger partial charge in [-0.3, -0.25) is 14.3 Å². The van der Waals surface area contributed by atoms with Crippen molar-refractivity contribution >= 4 is 22.6 Å². The number of hydrogen-bond acceptors (Lipinski definition) is 4. The van der Waals surface area contributed by atoms with Crippen LogP contribution in [0.25, 0.3) is 11.0 Å². The Morgan fingerprint density at radius 2 is 2.00 bits per heavy atom. The number of nitrogens with zero attached hydrogens (tertiary/aromatic N) is 3. The minimum Gasteiger partial charge on any atom is -0.326 e. The lowest BCUT2D eigenvalue weighted by Gasteiger charge is -2.08. The third-order valence-electron chi connectivity index (χ3n) is 5.30. The molecule has 0 aliphatic carbocycles. The lowest BCUT2D eigenvalue weighted by atomic mass is 10.0. The molecule has 32 heavy (non-hydrogen) atoms. The molecular formula is C25H23N5O2.